The molecule has 0 aliphatic carbocycles. The highest BCUT2D eigenvalue weighted by atomic mass is 32.2. The van der Waals surface area contributed by atoms with Crippen molar-refractivity contribution in [3.8, 4) is 0 Å². The van der Waals surface area contributed by atoms with E-state index in [-0.39, 0.29) is 0 Å². The van der Waals surface area contributed by atoms with Crippen molar-refractivity contribution in [1.82, 2.24) is 0 Å². The number of rotatable bonds is 5. The zero-order valence-electron chi connectivity index (χ0n) is 8.80. The molecule has 0 amide bonds. The lowest BCUT2D eigenvalue weighted by molar-refractivity contribution is 0.921. The molecule has 12 heavy (non-hydrogen) atoms. The smallest absolute Gasteiger partial charge is 0.00702 e. The van der Waals surface area contributed by atoms with E-state index in [1.807, 2.05) is 0 Å². The second-order valence-electron chi connectivity index (χ2n) is 2.99. The quantitative estimate of drug-likeness (QED) is 0.489. The molecule has 74 valence electrons. The Balaban J connectivity index is 0. The first-order chi connectivity index (χ1) is 5.68. The van der Waals surface area contributed by atoms with E-state index >= 15 is 0 Å². The molecule has 0 spiro atoms. The molecule has 0 aromatic carbocycles. The van der Waals surface area contributed by atoms with Crippen molar-refractivity contribution in [2.24, 2.45) is 5.92 Å². The van der Waals surface area contributed by atoms with Crippen LogP contribution in [0.5, 0.6) is 0 Å². The molecule has 0 unspecified atom stereocenters. The Kier molecular flexibility index (Phi) is 17.4. The predicted molar refractivity (Wildman–Crippen MR) is 66.4 cm³/mol. The Bertz CT molecular complexity index is 75.9. The van der Waals surface area contributed by atoms with E-state index in [1.54, 1.807) is 5.37 Å². The van der Waals surface area contributed by atoms with Crippen molar-refractivity contribution in [2.75, 3.05) is 11.5 Å². The molecule has 0 heterocycles. The Morgan fingerprint density at radius 2 is 1.50 bits per heavy atom. The largest absolute Gasteiger partial charge is 0.162 e. The third kappa shape index (κ3) is 22.4. The summed E-state index contributed by atoms with van der Waals surface area (Å²) in [5.74, 6) is 3.26. The van der Waals surface area contributed by atoms with Crippen molar-refractivity contribution in [1.29, 1.82) is 0 Å². The van der Waals surface area contributed by atoms with Gasteiger partial charge in [-0.05, 0) is 35.6 Å². The van der Waals surface area contributed by atoms with Gasteiger partial charge in [0.2, 0.25) is 0 Å². The average Bonchev–Trinajstić information content (AvgIpc) is 2.07. The standard InChI is InChI=1S/C6H14S.C4H8S/c1-3-5-7-6-4-2;1-4(2)3-5/h3-6H2,1-2H3;3-4H,1-2H3. The Hall–Kier alpha value is 0.440. The maximum Gasteiger partial charge on any atom is -0.00702 e. The van der Waals surface area contributed by atoms with E-state index in [9.17, 15) is 0 Å². The molecule has 0 radical (unpaired) electrons. The molecule has 0 fully saturated rings. The first kappa shape index (κ1) is 14.9. The van der Waals surface area contributed by atoms with Gasteiger partial charge in [0.05, 0.1) is 0 Å². The molecule has 0 N–H and O–H groups in total. The van der Waals surface area contributed by atoms with Crippen LogP contribution in [0.25, 0.3) is 0 Å². The molecule has 0 saturated heterocycles. The highest BCUT2D eigenvalue weighted by molar-refractivity contribution is 7.99. The molecule has 0 saturated carbocycles. The second kappa shape index (κ2) is 14.0. The molecule has 0 atom stereocenters. The van der Waals surface area contributed by atoms with Crippen LogP contribution in [-0.4, -0.2) is 16.9 Å². The third-order valence-corrected chi connectivity index (χ3v) is 2.91. The van der Waals surface area contributed by atoms with E-state index in [0.717, 1.165) is 0 Å². The maximum atomic E-state index is 4.55. The lowest BCUT2D eigenvalue weighted by atomic mass is 10.3. The van der Waals surface area contributed by atoms with Crippen molar-refractivity contribution in [2.45, 2.75) is 40.5 Å². The summed E-state index contributed by atoms with van der Waals surface area (Å²) in [6.07, 6.45) is 2.65. The van der Waals surface area contributed by atoms with Crippen LogP contribution in [0.1, 0.15) is 40.5 Å². The Morgan fingerprint density at radius 3 is 1.67 bits per heavy atom. The van der Waals surface area contributed by atoms with E-state index < -0.39 is 0 Å². The van der Waals surface area contributed by atoms with Crippen molar-refractivity contribution < 1.29 is 0 Å². The molecule has 0 aromatic heterocycles. The topological polar surface area (TPSA) is 0 Å². The van der Waals surface area contributed by atoms with Crippen molar-refractivity contribution in [3.05, 3.63) is 0 Å². The number of hydrogen-bond donors (Lipinski definition) is 0. The summed E-state index contributed by atoms with van der Waals surface area (Å²) in [5.41, 5.74) is 0. The van der Waals surface area contributed by atoms with Gasteiger partial charge in [-0.3, -0.25) is 0 Å². The molecule has 0 aromatic rings. The fraction of sp³-hybridized carbons (Fsp3) is 0.900. The number of thioether (sulfide) groups is 1. The van der Waals surface area contributed by atoms with Gasteiger partial charge in [-0.25, -0.2) is 0 Å². The molecular weight excluding hydrogens is 184 g/mol. The lowest BCUT2D eigenvalue weighted by Crippen LogP contribution is -1.79. The lowest BCUT2D eigenvalue weighted by Gasteiger charge is -1.91. The van der Waals surface area contributed by atoms with Crippen LogP contribution >= 0.6 is 24.0 Å². The molecule has 2 heteroatoms. The first-order valence-corrected chi connectivity index (χ1v) is 6.34. The van der Waals surface area contributed by atoms with Crippen molar-refractivity contribution >= 4 is 29.3 Å². The van der Waals surface area contributed by atoms with E-state index in [1.165, 1.54) is 24.3 Å². The van der Waals surface area contributed by atoms with Gasteiger partial charge in [-0.2, -0.15) is 11.8 Å². The van der Waals surface area contributed by atoms with Gasteiger partial charge in [-0.1, -0.05) is 39.9 Å². The second-order valence-corrected chi connectivity index (χ2v) is 4.49. The summed E-state index contributed by atoms with van der Waals surface area (Å²) in [5, 5.41) is 1.75. The summed E-state index contributed by atoms with van der Waals surface area (Å²) in [4.78, 5) is 0. The Labute approximate surface area is 87.5 Å². The van der Waals surface area contributed by atoms with Crippen LogP contribution in [0, 0.1) is 5.92 Å². The molecule has 0 aliphatic rings. The monoisotopic (exact) mass is 206 g/mol. The maximum absolute atomic E-state index is 4.55. The summed E-state index contributed by atoms with van der Waals surface area (Å²) >= 11 is 6.60. The van der Waals surface area contributed by atoms with Gasteiger partial charge < -0.3 is 0 Å². The van der Waals surface area contributed by atoms with Gasteiger partial charge >= 0.3 is 0 Å². The van der Waals surface area contributed by atoms with Crippen LogP contribution in [-0.2, 0) is 0 Å². The zero-order chi connectivity index (χ0) is 9.82. The summed E-state index contributed by atoms with van der Waals surface area (Å²) < 4.78 is 0. The molecule has 0 bridgehead atoms. The minimum absolute atomic E-state index is 0.574. The summed E-state index contributed by atoms with van der Waals surface area (Å²) in [6, 6.07) is 0. The van der Waals surface area contributed by atoms with Crippen LogP contribution in [0.2, 0.25) is 0 Å². The van der Waals surface area contributed by atoms with E-state index in [2.05, 4.69) is 51.7 Å². The highest BCUT2D eigenvalue weighted by Crippen LogP contribution is 2.02. The van der Waals surface area contributed by atoms with Gasteiger partial charge in [0.1, 0.15) is 0 Å². The molecule has 0 nitrogen and oxygen atoms in total. The van der Waals surface area contributed by atoms with Gasteiger partial charge in [0, 0.05) is 0 Å². The van der Waals surface area contributed by atoms with E-state index in [4.69, 9.17) is 0 Å². The fourth-order valence-corrected chi connectivity index (χ4v) is 1.17. The highest BCUT2D eigenvalue weighted by Gasteiger charge is 1.79. The number of thiocarbonyl (C=S) groups is 1. The van der Waals surface area contributed by atoms with Gasteiger partial charge in [0.15, 0.2) is 0 Å². The van der Waals surface area contributed by atoms with Crippen LogP contribution < -0.4 is 0 Å². The van der Waals surface area contributed by atoms with Crippen LogP contribution in [0.3, 0.4) is 0 Å². The summed E-state index contributed by atoms with van der Waals surface area (Å²) in [6.45, 7) is 8.57. The average molecular weight is 206 g/mol. The SMILES string of the molecule is CC(C)C=S.CCCSCCC. The van der Waals surface area contributed by atoms with Gasteiger partial charge in [-0.15, -0.1) is 0 Å². The van der Waals surface area contributed by atoms with E-state index in [0.29, 0.717) is 5.92 Å². The minimum Gasteiger partial charge on any atom is -0.162 e. The minimum atomic E-state index is 0.574. The predicted octanol–water partition coefficient (Wildman–Crippen LogP) is 4.18. The zero-order valence-corrected chi connectivity index (χ0v) is 10.4. The van der Waals surface area contributed by atoms with Gasteiger partial charge in [0.25, 0.3) is 0 Å². The fourth-order valence-electron chi connectivity index (χ4n) is 0.391. The summed E-state index contributed by atoms with van der Waals surface area (Å²) in [7, 11) is 0. The Morgan fingerprint density at radius 1 is 1.17 bits per heavy atom. The first-order valence-electron chi connectivity index (χ1n) is 4.72. The molecule has 0 aliphatic heterocycles. The molecular formula is C10H22S2. The van der Waals surface area contributed by atoms with Crippen LogP contribution in [0.15, 0.2) is 0 Å². The van der Waals surface area contributed by atoms with Crippen molar-refractivity contribution in [3.63, 3.8) is 0 Å². The van der Waals surface area contributed by atoms with Crippen LogP contribution in [0.4, 0.5) is 0 Å². The normalized spacial score (nSPS) is 9.08. The molecule has 0 rings (SSSR count). The third-order valence-electron chi connectivity index (χ3n) is 0.969. The number of hydrogen-bond acceptors (Lipinski definition) is 2.